The minimum Gasteiger partial charge on any atom is -0.492 e. The fraction of sp³-hybridized carbons (Fsp3) is 0.333. The van der Waals surface area contributed by atoms with Gasteiger partial charge < -0.3 is 9.47 Å². The first-order valence-electron chi connectivity index (χ1n) is 7.34. The average Bonchev–Trinajstić information content (AvgIpc) is 2.46. The Morgan fingerprint density at radius 2 is 1.14 bits per heavy atom. The minimum absolute atomic E-state index is 0.619. The Balaban J connectivity index is 1.67. The monoisotopic (exact) mass is 338 g/mol. The molecular formula is C18H20Cl2O2. The van der Waals surface area contributed by atoms with Crippen LogP contribution in [0.4, 0.5) is 0 Å². The van der Waals surface area contributed by atoms with E-state index in [4.69, 9.17) is 32.7 Å². The highest BCUT2D eigenvalue weighted by molar-refractivity contribution is 6.32. The summed E-state index contributed by atoms with van der Waals surface area (Å²) in [5.41, 5.74) is 2.25. The molecule has 0 bridgehead atoms. The van der Waals surface area contributed by atoms with Crippen molar-refractivity contribution < 1.29 is 9.47 Å². The molecular weight excluding hydrogens is 319 g/mol. The summed E-state index contributed by atoms with van der Waals surface area (Å²) < 4.78 is 11.3. The van der Waals surface area contributed by atoms with Gasteiger partial charge in [0.15, 0.2) is 0 Å². The van der Waals surface area contributed by atoms with E-state index in [1.165, 1.54) is 0 Å². The largest absolute Gasteiger partial charge is 0.492 e. The summed E-state index contributed by atoms with van der Waals surface area (Å²) in [4.78, 5) is 0. The fourth-order valence-electron chi connectivity index (χ4n) is 2.01. The van der Waals surface area contributed by atoms with Gasteiger partial charge >= 0.3 is 0 Å². The van der Waals surface area contributed by atoms with Gasteiger partial charge in [0.1, 0.15) is 11.5 Å². The highest BCUT2D eigenvalue weighted by atomic mass is 35.5. The Bertz CT molecular complexity index is 571. The predicted molar refractivity (Wildman–Crippen MR) is 92.6 cm³/mol. The number of rotatable bonds is 7. The van der Waals surface area contributed by atoms with Gasteiger partial charge in [0.25, 0.3) is 0 Å². The lowest BCUT2D eigenvalue weighted by atomic mass is 10.2. The normalized spacial score (nSPS) is 10.5. The Labute approximate surface area is 142 Å². The molecule has 0 saturated heterocycles. The molecule has 0 radical (unpaired) electrons. The van der Waals surface area contributed by atoms with Crippen molar-refractivity contribution in [3.63, 3.8) is 0 Å². The summed E-state index contributed by atoms with van der Waals surface area (Å²) in [6.45, 7) is 5.24. The smallest absolute Gasteiger partial charge is 0.137 e. The molecule has 2 aromatic rings. The molecule has 0 saturated carbocycles. The summed E-state index contributed by atoms with van der Waals surface area (Å²) in [5, 5.41) is 1.31. The molecule has 2 aromatic carbocycles. The van der Waals surface area contributed by atoms with Crippen LogP contribution in [0.1, 0.15) is 24.0 Å². The maximum absolute atomic E-state index is 6.12. The molecule has 4 heteroatoms. The van der Waals surface area contributed by atoms with E-state index in [0.717, 1.165) is 35.5 Å². The molecule has 0 aliphatic heterocycles. The second-order valence-corrected chi connectivity index (χ2v) is 6.09. The van der Waals surface area contributed by atoms with E-state index in [9.17, 15) is 0 Å². The number of halogens is 2. The third-order valence-electron chi connectivity index (χ3n) is 3.23. The van der Waals surface area contributed by atoms with Crippen LogP contribution in [0.2, 0.25) is 10.0 Å². The Kier molecular flexibility index (Phi) is 6.41. The molecule has 0 spiro atoms. The van der Waals surface area contributed by atoms with Crippen molar-refractivity contribution in [3.05, 3.63) is 57.6 Å². The van der Waals surface area contributed by atoms with Gasteiger partial charge in [-0.3, -0.25) is 0 Å². The second kappa shape index (κ2) is 8.30. The number of benzene rings is 2. The van der Waals surface area contributed by atoms with Crippen molar-refractivity contribution in [2.75, 3.05) is 13.2 Å². The first-order chi connectivity index (χ1) is 10.6. The van der Waals surface area contributed by atoms with Crippen LogP contribution in [0.15, 0.2) is 36.4 Å². The van der Waals surface area contributed by atoms with Crippen LogP contribution in [0.25, 0.3) is 0 Å². The van der Waals surface area contributed by atoms with E-state index in [0.29, 0.717) is 23.3 Å². The lowest BCUT2D eigenvalue weighted by Crippen LogP contribution is -2.03. The highest BCUT2D eigenvalue weighted by Gasteiger charge is 2.03. The summed E-state index contributed by atoms with van der Waals surface area (Å²) in [7, 11) is 0. The van der Waals surface area contributed by atoms with Crippen molar-refractivity contribution in [3.8, 4) is 11.5 Å². The van der Waals surface area contributed by atoms with E-state index >= 15 is 0 Å². The lowest BCUT2D eigenvalue weighted by molar-refractivity contribution is 0.266. The van der Waals surface area contributed by atoms with E-state index in [-0.39, 0.29) is 0 Å². The van der Waals surface area contributed by atoms with Crippen molar-refractivity contribution in [1.82, 2.24) is 0 Å². The fourth-order valence-corrected chi connectivity index (χ4v) is 2.59. The minimum atomic E-state index is 0.619. The van der Waals surface area contributed by atoms with Crippen molar-refractivity contribution in [2.24, 2.45) is 0 Å². The lowest BCUT2D eigenvalue weighted by Gasteiger charge is -2.10. The maximum Gasteiger partial charge on any atom is 0.137 e. The molecule has 0 fully saturated rings. The first-order valence-corrected chi connectivity index (χ1v) is 8.10. The molecule has 0 aliphatic carbocycles. The van der Waals surface area contributed by atoms with Gasteiger partial charge in [-0.2, -0.15) is 0 Å². The number of hydrogen-bond donors (Lipinski definition) is 0. The molecule has 22 heavy (non-hydrogen) atoms. The third-order valence-corrected chi connectivity index (χ3v) is 3.82. The van der Waals surface area contributed by atoms with Gasteiger partial charge in [-0.25, -0.2) is 0 Å². The van der Waals surface area contributed by atoms with Gasteiger partial charge in [-0.15, -0.1) is 0 Å². The second-order valence-electron chi connectivity index (χ2n) is 5.27. The topological polar surface area (TPSA) is 18.5 Å². The standard InChI is InChI=1S/C18H20Cl2O2/c1-13-5-7-17(15(19)11-13)21-9-3-4-10-22-18-8-6-14(2)12-16(18)20/h5-8,11-12H,3-4,9-10H2,1-2H3. The molecule has 0 aromatic heterocycles. The Morgan fingerprint density at radius 3 is 1.50 bits per heavy atom. The van der Waals surface area contributed by atoms with Crippen LogP contribution < -0.4 is 9.47 Å². The van der Waals surface area contributed by atoms with Crippen molar-refractivity contribution in [1.29, 1.82) is 0 Å². The maximum atomic E-state index is 6.12. The summed E-state index contributed by atoms with van der Waals surface area (Å²) in [6, 6.07) is 11.6. The summed E-state index contributed by atoms with van der Waals surface area (Å²) in [6.07, 6.45) is 1.79. The molecule has 0 atom stereocenters. The molecule has 2 nitrogen and oxygen atoms in total. The number of ether oxygens (including phenoxy) is 2. The number of unbranched alkanes of at least 4 members (excludes halogenated alkanes) is 1. The summed E-state index contributed by atoms with van der Waals surface area (Å²) >= 11 is 12.2. The first kappa shape index (κ1) is 17.0. The molecule has 0 amide bonds. The SMILES string of the molecule is Cc1ccc(OCCCCOc2ccc(C)cc2Cl)c(Cl)c1. The van der Waals surface area contributed by atoms with Crippen LogP contribution >= 0.6 is 23.2 Å². The Hall–Kier alpha value is -1.38. The zero-order valence-electron chi connectivity index (χ0n) is 12.9. The van der Waals surface area contributed by atoms with E-state index in [1.54, 1.807) is 0 Å². The van der Waals surface area contributed by atoms with Gasteiger partial charge in [0.05, 0.1) is 23.3 Å². The van der Waals surface area contributed by atoms with Crippen LogP contribution in [-0.4, -0.2) is 13.2 Å². The molecule has 0 aliphatic rings. The van der Waals surface area contributed by atoms with Crippen LogP contribution in [-0.2, 0) is 0 Å². The van der Waals surface area contributed by atoms with Crippen LogP contribution in [0.5, 0.6) is 11.5 Å². The van der Waals surface area contributed by atoms with E-state index in [2.05, 4.69) is 0 Å². The quantitative estimate of drug-likeness (QED) is 0.589. The number of aryl methyl sites for hydroxylation is 2. The van der Waals surface area contributed by atoms with Gasteiger partial charge in [0.2, 0.25) is 0 Å². The third kappa shape index (κ3) is 5.11. The summed E-state index contributed by atoms with van der Waals surface area (Å²) in [5.74, 6) is 1.46. The predicted octanol–water partition coefficient (Wildman–Crippen LogP) is 5.85. The molecule has 0 heterocycles. The Morgan fingerprint density at radius 1 is 0.727 bits per heavy atom. The zero-order chi connectivity index (χ0) is 15.9. The van der Waals surface area contributed by atoms with Crippen LogP contribution in [0, 0.1) is 13.8 Å². The van der Waals surface area contributed by atoms with E-state index in [1.807, 2.05) is 50.2 Å². The van der Waals surface area contributed by atoms with Crippen molar-refractivity contribution in [2.45, 2.75) is 26.7 Å². The average molecular weight is 339 g/mol. The van der Waals surface area contributed by atoms with Gasteiger partial charge in [-0.1, -0.05) is 35.3 Å². The molecule has 0 unspecified atom stereocenters. The van der Waals surface area contributed by atoms with Crippen molar-refractivity contribution >= 4 is 23.2 Å². The number of hydrogen-bond acceptors (Lipinski definition) is 2. The molecule has 0 N–H and O–H groups in total. The van der Waals surface area contributed by atoms with E-state index < -0.39 is 0 Å². The highest BCUT2D eigenvalue weighted by Crippen LogP contribution is 2.26. The molecule has 2 rings (SSSR count). The van der Waals surface area contributed by atoms with Gasteiger partial charge in [-0.05, 0) is 62.1 Å². The van der Waals surface area contributed by atoms with Crippen LogP contribution in [0.3, 0.4) is 0 Å². The van der Waals surface area contributed by atoms with Gasteiger partial charge in [0, 0.05) is 0 Å². The molecule has 118 valence electrons. The zero-order valence-corrected chi connectivity index (χ0v) is 14.4.